The van der Waals surface area contributed by atoms with Gasteiger partial charge in [-0.3, -0.25) is 4.79 Å². The largest absolute Gasteiger partial charge is 0.496 e. The summed E-state index contributed by atoms with van der Waals surface area (Å²) in [6.07, 6.45) is 8.59. The van der Waals surface area contributed by atoms with E-state index in [1.165, 1.54) is 43.2 Å². The summed E-state index contributed by atoms with van der Waals surface area (Å²) in [7, 11) is 1.72. The minimum atomic E-state index is -0.327. The molecule has 0 bridgehead atoms. The van der Waals surface area contributed by atoms with Crippen LogP contribution in [0.15, 0.2) is 48.5 Å². The molecule has 1 N–H and O–H groups in total. The zero-order chi connectivity index (χ0) is 24.5. The molecule has 192 valence electrons. The van der Waals surface area contributed by atoms with E-state index in [2.05, 4.69) is 52.7 Å². The van der Waals surface area contributed by atoms with Crippen LogP contribution >= 0.6 is 0 Å². The van der Waals surface area contributed by atoms with Gasteiger partial charge in [-0.15, -0.1) is 0 Å². The highest BCUT2D eigenvalue weighted by molar-refractivity contribution is 5.82. The molecule has 3 aliphatic heterocycles. The van der Waals surface area contributed by atoms with Gasteiger partial charge >= 0.3 is 0 Å². The Morgan fingerprint density at radius 3 is 2.69 bits per heavy atom. The van der Waals surface area contributed by atoms with Crippen molar-refractivity contribution in [1.29, 1.82) is 0 Å². The van der Waals surface area contributed by atoms with Crippen LogP contribution in [-0.4, -0.2) is 50.2 Å². The number of methoxy groups -OCH3 is 1. The van der Waals surface area contributed by atoms with E-state index >= 15 is 0 Å². The molecule has 1 aliphatic carbocycles. The number of amides is 1. The fourth-order valence-corrected chi connectivity index (χ4v) is 7.77. The maximum atomic E-state index is 14.5. The van der Waals surface area contributed by atoms with Crippen molar-refractivity contribution in [3.8, 4) is 5.75 Å². The third-order valence-corrected chi connectivity index (χ3v) is 9.64. The summed E-state index contributed by atoms with van der Waals surface area (Å²) in [5.74, 6) is 2.26. The molecule has 1 spiro atoms. The number of likely N-dealkylation sites (tertiary alicyclic amines) is 1. The minimum absolute atomic E-state index is 0.108. The van der Waals surface area contributed by atoms with Crippen LogP contribution in [0.4, 0.5) is 0 Å². The Kier molecular flexibility index (Phi) is 6.78. The Labute approximate surface area is 215 Å². The molecule has 2 saturated heterocycles. The lowest BCUT2D eigenvalue weighted by molar-refractivity contribution is -0.144. The molecule has 0 unspecified atom stereocenters. The summed E-state index contributed by atoms with van der Waals surface area (Å²) in [5, 5.41) is 3.59. The summed E-state index contributed by atoms with van der Waals surface area (Å²) in [5.41, 5.74) is 3.46. The van der Waals surface area contributed by atoms with E-state index in [1.807, 2.05) is 6.07 Å². The molecule has 0 aromatic heterocycles. The molecule has 0 radical (unpaired) electrons. The van der Waals surface area contributed by atoms with Crippen molar-refractivity contribution >= 4 is 5.91 Å². The van der Waals surface area contributed by atoms with Crippen molar-refractivity contribution in [3.63, 3.8) is 0 Å². The average Bonchev–Trinajstić information content (AvgIpc) is 3.37. The number of carbonyl (C=O) groups is 1. The Morgan fingerprint density at radius 1 is 1.06 bits per heavy atom. The number of ether oxygens (including phenoxy) is 2. The number of nitrogens with zero attached hydrogens (tertiary/aromatic N) is 1. The molecular weight excluding hydrogens is 448 g/mol. The van der Waals surface area contributed by atoms with Gasteiger partial charge < -0.3 is 19.7 Å². The number of rotatable bonds is 4. The summed E-state index contributed by atoms with van der Waals surface area (Å²) in [4.78, 5) is 16.9. The maximum Gasteiger partial charge on any atom is 0.228 e. The lowest BCUT2D eigenvalue weighted by Gasteiger charge is -2.48. The number of carbonyl (C=O) groups excluding carboxylic acids is 1. The van der Waals surface area contributed by atoms with Gasteiger partial charge in [0, 0.05) is 36.7 Å². The average molecular weight is 489 g/mol. The molecule has 5 heteroatoms. The highest BCUT2D eigenvalue weighted by Gasteiger charge is 2.53. The normalized spacial score (nSPS) is 30.8. The molecule has 4 aliphatic rings. The zero-order valence-corrected chi connectivity index (χ0v) is 21.6. The third kappa shape index (κ3) is 4.14. The van der Waals surface area contributed by atoms with Gasteiger partial charge in [0.2, 0.25) is 5.91 Å². The molecule has 6 rings (SSSR count). The number of benzene rings is 2. The van der Waals surface area contributed by atoms with Crippen LogP contribution in [0.2, 0.25) is 0 Å². The molecule has 2 aromatic carbocycles. The lowest BCUT2D eigenvalue weighted by Crippen LogP contribution is -2.56. The Balaban J connectivity index is 1.31. The molecule has 5 nitrogen and oxygen atoms in total. The third-order valence-electron chi connectivity index (χ3n) is 9.64. The van der Waals surface area contributed by atoms with E-state index in [-0.39, 0.29) is 11.3 Å². The standard InChI is InChI=1S/C31H40N2O3/c1-35-29-14-8-13-26-25(29)19-36-21-31(26)20-32-18-27(31)30(34)33-16-15-24(22-9-4-2-5-10-22)17-28(33)23-11-6-3-7-12-23/h2,4-5,8-10,13-14,23-24,27-28,32H,3,6-7,11-12,15-21H2,1H3/t24-,27+,28+,31-/m1/s1. The van der Waals surface area contributed by atoms with Gasteiger partial charge in [0.15, 0.2) is 0 Å². The van der Waals surface area contributed by atoms with Gasteiger partial charge in [0.25, 0.3) is 0 Å². The summed E-state index contributed by atoms with van der Waals surface area (Å²) >= 11 is 0. The molecule has 36 heavy (non-hydrogen) atoms. The topological polar surface area (TPSA) is 50.8 Å². The second kappa shape index (κ2) is 10.2. The van der Waals surface area contributed by atoms with Crippen LogP contribution in [0.25, 0.3) is 0 Å². The second-order valence-electron chi connectivity index (χ2n) is 11.4. The van der Waals surface area contributed by atoms with E-state index in [0.717, 1.165) is 43.8 Å². The van der Waals surface area contributed by atoms with Gasteiger partial charge in [-0.25, -0.2) is 0 Å². The van der Waals surface area contributed by atoms with Crippen LogP contribution in [0.5, 0.6) is 5.75 Å². The Morgan fingerprint density at radius 2 is 1.89 bits per heavy atom. The molecular formula is C31H40N2O3. The van der Waals surface area contributed by atoms with Gasteiger partial charge in [-0.2, -0.15) is 0 Å². The first-order valence-electron chi connectivity index (χ1n) is 14.0. The van der Waals surface area contributed by atoms with Crippen LogP contribution in [-0.2, 0) is 21.6 Å². The number of hydrogen-bond donors (Lipinski definition) is 1. The van der Waals surface area contributed by atoms with Crippen LogP contribution in [0, 0.1) is 11.8 Å². The summed E-state index contributed by atoms with van der Waals surface area (Å²) in [6, 6.07) is 17.6. The highest BCUT2D eigenvalue weighted by Crippen LogP contribution is 2.46. The quantitative estimate of drug-likeness (QED) is 0.655. The van der Waals surface area contributed by atoms with Gasteiger partial charge in [-0.1, -0.05) is 61.7 Å². The van der Waals surface area contributed by atoms with E-state index < -0.39 is 0 Å². The number of fused-ring (bicyclic) bond motifs is 2. The summed E-state index contributed by atoms with van der Waals surface area (Å²) in [6.45, 7) is 3.49. The van der Waals surface area contributed by atoms with Crippen molar-refractivity contribution < 1.29 is 14.3 Å². The fourth-order valence-electron chi connectivity index (χ4n) is 7.77. The number of nitrogens with one attached hydrogen (secondary N) is 1. The SMILES string of the molecule is COc1cccc2c1COC[C@]21CNC[C@H]1C(=O)N1CC[C@@H](c2ccccc2)C[C@H]1C1CCCCC1. The minimum Gasteiger partial charge on any atom is -0.496 e. The maximum absolute atomic E-state index is 14.5. The van der Waals surface area contributed by atoms with Crippen molar-refractivity contribution in [3.05, 3.63) is 65.2 Å². The molecule has 1 saturated carbocycles. The van der Waals surface area contributed by atoms with E-state index in [0.29, 0.717) is 37.0 Å². The molecule has 2 aromatic rings. The van der Waals surface area contributed by atoms with Crippen LogP contribution in [0.3, 0.4) is 0 Å². The van der Waals surface area contributed by atoms with Crippen molar-refractivity contribution in [2.45, 2.75) is 68.9 Å². The number of piperidine rings is 1. The number of hydrogen-bond acceptors (Lipinski definition) is 4. The van der Waals surface area contributed by atoms with Gasteiger partial charge in [-0.05, 0) is 54.7 Å². The van der Waals surface area contributed by atoms with Gasteiger partial charge in [0.1, 0.15) is 5.75 Å². The Hall–Kier alpha value is -2.37. The fraction of sp³-hybridized carbons (Fsp3) is 0.581. The first-order valence-corrected chi connectivity index (χ1v) is 14.0. The van der Waals surface area contributed by atoms with Crippen molar-refractivity contribution in [2.75, 3.05) is 33.4 Å². The van der Waals surface area contributed by atoms with Crippen molar-refractivity contribution in [2.24, 2.45) is 11.8 Å². The van der Waals surface area contributed by atoms with Gasteiger partial charge in [0.05, 0.1) is 26.2 Å². The molecule has 3 heterocycles. The smallest absolute Gasteiger partial charge is 0.228 e. The summed E-state index contributed by atoms with van der Waals surface area (Å²) < 4.78 is 11.9. The van der Waals surface area contributed by atoms with E-state index in [1.54, 1.807) is 7.11 Å². The monoisotopic (exact) mass is 488 g/mol. The molecule has 4 atom stereocenters. The second-order valence-corrected chi connectivity index (χ2v) is 11.4. The highest BCUT2D eigenvalue weighted by atomic mass is 16.5. The molecule has 3 fully saturated rings. The van der Waals surface area contributed by atoms with Crippen molar-refractivity contribution in [1.82, 2.24) is 10.2 Å². The van der Waals surface area contributed by atoms with E-state index in [9.17, 15) is 4.79 Å². The van der Waals surface area contributed by atoms with E-state index in [4.69, 9.17) is 9.47 Å². The zero-order valence-electron chi connectivity index (χ0n) is 21.6. The first kappa shape index (κ1) is 24.0. The first-order chi connectivity index (χ1) is 17.7. The predicted octanol–water partition coefficient (Wildman–Crippen LogP) is 5.04. The molecule has 1 amide bonds. The lowest BCUT2D eigenvalue weighted by atomic mass is 9.68. The van der Waals surface area contributed by atoms with Crippen LogP contribution < -0.4 is 10.1 Å². The Bertz CT molecular complexity index is 1070. The predicted molar refractivity (Wildman–Crippen MR) is 141 cm³/mol. The van der Waals surface area contributed by atoms with Crippen LogP contribution in [0.1, 0.15) is 67.6 Å².